The van der Waals surface area contributed by atoms with Gasteiger partial charge >= 0.3 is 6.18 Å². The average Bonchev–Trinajstić information content (AvgIpc) is 2.69. The molecule has 0 saturated carbocycles. The van der Waals surface area contributed by atoms with Gasteiger partial charge in [-0.05, 0) is 6.42 Å². The molecular weight excluding hydrogens is 275 g/mol. The van der Waals surface area contributed by atoms with Crippen LogP contribution in [0.15, 0.2) is 6.07 Å². The summed E-state index contributed by atoms with van der Waals surface area (Å²) in [7, 11) is 3.07. The van der Waals surface area contributed by atoms with Gasteiger partial charge in [-0.1, -0.05) is 0 Å². The molecule has 0 radical (unpaired) electrons. The van der Waals surface area contributed by atoms with Crippen LogP contribution in [-0.2, 0) is 11.0 Å². The lowest BCUT2D eigenvalue weighted by Gasteiger charge is -2.15. The number of halogens is 3. The average molecular weight is 289 g/mol. The van der Waals surface area contributed by atoms with E-state index < -0.39 is 17.9 Å². The summed E-state index contributed by atoms with van der Waals surface area (Å²) in [6.45, 7) is 0.562. The molecule has 2 N–H and O–H groups in total. The molecule has 1 aliphatic heterocycles. The number of hydrogen-bond donors (Lipinski definition) is 2. The number of carbonyl (C=O) groups excluding carboxylic acids is 1. The Morgan fingerprint density at radius 2 is 2.10 bits per heavy atom. The van der Waals surface area contributed by atoms with Crippen molar-refractivity contribution >= 4 is 17.7 Å². The van der Waals surface area contributed by atoms with Gasteiger partial charge in [-0.2, -0.15) is 18.2 Å². The Kier molecular flexibility index (Phi) is 3.69. The lowest BCUT2D eigenvalue weighted by Crippen LogP contribution is -2.31. The van der Waals surface area contributed by atoms with Gasteiger partial charge in [-0.25, -0.2) is 4.98 Å². The second kappa shape index (κ2) is 5.14. The number of hydrogen-bond acceptors (Lipinski definition) is 5. The molecule has 1 amide bonds. The third kappa shape index (κ3) is 2.91. The number of amides is 1. The molecule has 20 heavy (non-hydrogen) atoms. The molecule has 1 unspecified atom stereocenters. The SMILES string of the molecule is CNc1nc(NC2CCN(C)C2=O)cc(C(F)(F)F)n1. The smallest absolute Gasteiger partial charge is 0.358 e. The fourth-order valence-corrected chi connectivity index (χ4v) is 1.91. The van der Waals surface area contributed by atoms with Crippen LogP contribution in [0.5, 0.6) is 0 Å². The molecule has 1 saturated heterocycles. The summed E-state index contributed by atoms with van der Waals surface area (Å²) in [5, 5.41) is 5.19. The maximum absolute atomic E-state index is 12.7. The first-order chi connectivity index (χ1) is 9.31. The van der Waals surface area contributed by atoms with Gasteiger partial charge < -0.3 is 15.5 Å². The lowest BCUT2D eigenvalue weighted by atomic mass is 10.2. The number of anilines is 2. The number of alkyl halides is 3. The minimum absolute atomic E-state index is 0.0228. The maximum atomic E-state index is 12.7. The van der Waals surface area contributed by atoms with Crippen molar-refractivity contribution in [1.82, 2.24) is 14.9 Å². The van der Waals surface area contributed by atoms with Crippen LogP contribution in [0.3, 0.4) is 0 Å². The van der Waals surface area contributed by atoms with Crippen molar-refractivity contribution in [2.45, 2.75) is 18.6 Å². The largest absolute Gasteiger partial charge is 0.433 e. The van der Waals surface area contributed by atoms with E-state index in [1.165, 1.54) is 11.9 Å². The predicted molar refractivity (Wildman–Crippen MR) is 66.2 cm³/mol. The zero-order valence-electron chi connectivity index (χ0n) is 11.0. The van der Waals surface area contributed by atoms with Crippen molar-refractivity contribution in [1.29, 1.82) is 0 Å². The molecule has 1 aromatic heterocycles. The van der Waals surface area contributed by atoms with Crippen LogP contribution >= 0.6 is 0 Å². The van der Waals surface area contributed by atoms with Gasteiger partial charge in [0.15, 0.2) is 5.69 Å². The Balaban J connectivity index is 2.25. The van der Waals surface area contributed by atoms with Gasteiger partial charge in [0.1, 0.15) is 11.9 Å². The molecule has 1 atom stereocenters. The normalized spacial score (nSPS) is 19.4. The number of nitrogens with one attached hydrogen (secondary N) is 2. The minimum atomic E-state index is -4.57. The highest BCUT2D eigenvalue weighted by atomic mass is 19.4. The monoisotopic (exact) mass is 289 g/mol. The highest BCUT2D eigenvalue weighted by molar-refractivity contribution is 5.86. The van der Waals surface area contributed by atoms with Gasteiger partial charge in [0.2, 0.25) is 11.9 Å². The van der Waals surface area contributed by atoms with E-state index in [0.29, 0.717) is 13.0 Å². The molecule has 0 aliphatic carbocycles. The van der Waals surface area contributed by atoms with Crippen LogP contribution in [-0.4, -0.2) is 47.5 Å². The zero-order valence-corrected chi connectivity index (χ0v) is 11.0. The first-order valence-electron chi connectivity index (χ1n) is 5.97. The number of nitrogens with zero attached hydrogens (tertiary/aromatic N) is 3. The van der Waals surface area contributed by atoms with E-state index in [2.05, 4.69) is 20.6 Å². The van der Waals surface area contributed by atoms with E-state index in [4.69, 9.17) is 0 Å². The number of carbonyl (C=O) groups is 1. The Hall–Kier alpha value is -2.06. The van der Waals surface area contributed by atoms with Crippen molar-refractivity contribution < 1.29 is 18.0 Å². The van der Waals surface area contributed by atoms with E-state index in [0.717, 1.165) is 6.07 Å². The molecule has 0 spiro atoms. The quantitative estimate of drug-likeness (QED) is 0.874. The minimum Gasteiger partial charge on any atom is -0.358 e. The number of aromatic nitrogens is 2. The standard InChI is InChI=1S/C11H14F3N5O/c1-15-10-17-7(11(12,13)14)5-8(18-10)16-6-3-4-19(2)9(6)20/h5-6H,3-4H2,1-2H3,(H2,15,16,17,18). The van der Waals surface area contributed by atoms with Crippen molar-refractivity contribution in [2.75, 3.05) is 31.3 Å². The van der Waals surface area contributed by atoms with E-state index in [1.54, 1.807) is 7.05 Å². The second-order valence-electron chi connectivity index (χ2n) is 4.46. The Bertz CT molecular complexity index is 519. The maximum Gasteiger partial charge on any atom is 0.433 e. The van der Waals surface area contributed by atoms with Crippen molar-refractivity contribution in [3.8, 4) is 0 Å². The van der Waals surface area contributed by atoms with Crippen LogP contribution in [0.1, 0.15) is 12.1 Å². The van der Waals surface area contributed by atoms with Crippen LogP contribution in [0.25, 0.3) is 0 Å². The summed E-state index contributed by atoms with van der Waals surface area (Å²) >= 11 is 0. The molecule has 0 bridgehead atoms. The van der Waals surface area contributed by atoms with Gasteiger partial charge in [0.25, 0.3) is 0 Å². The number of rotatable bonds is 3. The third-order valence-corrected chi connectivity index (χ3v) is 2.99. The summed E-state index contributed by atoms with van der Waals surface area (Å²) < 4.78 is 38.1. The highest BCUT2D eigenvalue weighted by Crippen LogP contribution is 2.30. The van der Waals surface area contributed by atoms with Crippen LogP contribution in [0.4, 0.5) is 24.9 Å². The van der Waals surface area contributed by atoms with Crippen LogP contribution in [0.2, 0.25) is 0 Å². The lowest BCUT2D eigenvalue weighted by molar-refractivity contribution is -0.141. The molecule has 110 valence electrons. The summed E-state index contributed by atoms with van der Waals surface area (Å²) in [4.78, 5) is 20.5. The molecule has 1 aromatic rings. The van der Waals surface area contributed by atoms with Crippen molar-refractivity contribution in [2.24, 2.45) is 0 Å². The number of likely N-dealkylation sites (N-methyl/N-ethyl adjacent to an activating group) is 1. The van der Waals surface area contributed by atoms with E-state index in [-0.39, 0.29) is 17.7 Å². The highest BCUT2D eigenvalue weighted by Gasteiger charge is 2.35. The molecule has 1 aliphatic rings. The second-order valence-corrected chi connectivity index (χ2v) is 4.46. The molecule has 2 heterocycles. The Morgan fingerprint density at radius 1 is 1.40 bits per heavy atom. The van der Waals surface area contributed by atoms with Crippen molar-refractivity contribution in [3.05, 3.63) is 11.8 Å². The Labute approximate surface area is 113 Å². The first-order valence-corrected chi connectivity index (χ1v) is 5.97. The van der Waals surface area contributed by atoms with Crippen LogP contribution in [0, 0.1) is 0 Å². The third-order valence-electron chi connectivity index (χ3n) is 2.99. The summed E-state index contributed by atoms with van der Waals surface area (Å²) in [6.07, 6.45) is -4.04. The topological polar surface area (TPSA) is 70.2 Å². The first kappa shape index (κ1) is 14.4. The van der Waals surface area contributed by atoms with Gasteiger partial charge in [0.05, 0.1) is 0 Å². The molecule has 9 heteroatoms. The Morgan fingerprint density at radius 3 is 2.60 bits per heavy atom. The summed E-state index contributed by atoms with van der Waals surface area (Å²) in [6, 6.07) is 0.243. The fourth-order valence-electron chi connectivity index (χ4n) is 1.91. The fraction of sp³-hybridized carbons (Fsp3) is 0.545. The van der Waals surface area contributed by atoms with E-state index in [1.807, 2.05) is 0 Å². The number of likely N-dealkylation sites (tertiary alicyclic amines) is 1. The predicted octanol–water partition coefficient (Wildman–Crippen LogP) is 1.18. The molecule has 2 rings (SSSR count). The zero-order chi connectivity index (χ0) is 14.9. The summed E-state index contributed by atoms with van der Waals surface area (Å²) in [5.74, 6) is -0.338. The van der Waals surface area contributed by atoms with Crippen LogP contribution < -0.4 is 10.6 Å². The van der Waals surface area contributed by atoms with Gasteiger partial charge in [0, 0.05) is 26.7 Å². The van der Waals surface area contributed by atoms with Gasteiger partial charge in [-0.15, -0.1) is 0 Å². The van der Waals surface area contributed by atoms with Gasteiger partial charge in [-0.3, -0.25) is 4.79 Å². The molecule has 0 aromatic carbocycles. The van der Waals surface area contributed by atoms with E-state index in [9.17, 15) is 18.0 Å². The summed E-state index contributed by atoms with van der Waals surface area (Å²) in [5.41, 5.74) is -1.06. The van der Waals surface area contributed by atoms with Crippen molar-refractivity contribution in [3.63, 3.8) is 0 Å². The molecule has 6 nitrogen and oxygen atoms in total. The molecule has 1 fully saturated rings. The van der Waals surface area contributed by atoms with E-state index >= 15 is 0 Å². The molecular formula is C11H14F3N5O.